The Bertz CT molecular complexity index is 1500. The van der Waals surface area contributed by atoms with Crippen molar-refractivity contribution in [2.24, 2.45) is 11.1 Å². The van der Waals surface area contributed by atoms with Gasteiger partial charge >= 0.3 is 0 Å². The van der Waals surface area contributed by atoms with Crippen LogP contribution in [0.4, 0.5) is 0 Å². The predicted molar refractivity (Wildman–Crippen MR) is 177 cm³/mol. The molecule has 0 saturated carbocycles. The molecule has 10 heteroatoms. The maximum Gasteiger partial charge on any atom is 0.254 e. The molecule has 240 valence electrons. The molecule has 3 aromatic rings. The second-order valence-corrected chi connectivity index (χ2v) is 13.0. The van der Waals surface area contributed by atoms with Crippen LogP contribution in [0.15, 0.2) is 60.7 Å². The van der Waals surface area contributed by atoms with Crippen molar-refractivity contribution in [3.63, 3.8) is 0 Å². The topological polar surface area (TPSA) is 94.3 Å². The van der Waals surface area contributed by atoms with Gasteiger partial charge in [-0.2, -0.15) is 0 Å². The second-order valence-electron chi connectivity index (χ2n) is 12.2. The minimum absolute atomic E-state index is 0.110. The number of carbonyl (C=O) groups is 2. The van der Waals surface area contributed by atoms with E-state index in [9.17, 15) is 9.59 Å². The molecule has 5 rings (SSSR count). The first-order valence-corrected chi connectivity index (χ1v) is 16.0. The minimum Gasteiger partial charge on any atom is -0.493 e. The van der Waals surface area contributed by atoms with E-state index in [0.717, 1.165) is 43.6 Å². The van der Waals surface area contributed by atoms with E-state index >= 15 is 0 Å². The molecule has 8 nitrogen and oxygen atoms in total. The Kier molecular flexibility index (Phi) is 10.2. The summed E-state index contributed by atoms with van der Waals surface area (Å²) in [4.78, 5) is 30.9. The van der Waals surface area contributed by atoms with E-state index in [1.54, 1.807) is 12.1 Å². The molecule has 1 unspecified atom stereocenters. The molecule has 0 spiro atoms. The number of ether oxygens (including phenoxy) is 3. The third kappa shape index (κ3) is 6.88. The number of hydrogen-bond donors (Lipinski definition) is 1. The average Bonchev–Trinajstić information content (AvgIpc) is 3.50. The normalized spacial score (nSPS) is 19.7. The summed E-state index contributed by atoms with van der Waals surface area (Å²) in [6, 6.07) is 19.3. The van der Waals surface area contributed by atoms with Gasteiger partial charge in [0.1, 0.15) is 0 Å². The molecule has 2 N–H and O–H groups in total. The number of hydrogen-bond acceptors (Lipinski definition) is 6. The number of rotatable bonds is 11. The lowest BCUT2D eigenvalue weighted by molar-refractivity contribution is -0.130. The molecule has 2 aliphatic heterocycles. The van der Waals surface area contributed by atoms with Crippen LogP contribution in [0.3, 0.4) is 0 Å². The molecule has 3 aromatic carbocycles. The number of piperidine rings is 1. The fraction of sp³-hybridized carbons (Fsp3) is 0.429. The quantitative estimate of drug-likeness (QED) is 0.273. The molecule has 2 saturated heterocycles. The number of primary amides is 1. The van der Waals surface area contributed by atoms with Gasteiger partial charge in [-0.3, -0.25) is 9.59 Å². The monoisotopic (exact) mass is 653 g/mol. The van der Waals surface area contributed by atoms with E-state index in [2.05, 4.69) is 17.0 Å². The van der Waals surface area contributed by atoms with E-state index in [1.165, 1.54) is 21.3 Å². The summed E-state index contributed by atoms with van der Waals surface area (Å²) in [5.74, 6) is 0.962. The molecule has 2 heterocycles. The summed E-state index contributed by atoms with van der Waals surface area (Å²) < 4.78 is 16.4. The van der Waals surface area contributed by atoms with Gasteiger partial charge in [-0.15, -0.1) is 0 Å². The number of likely N-dealkylation sites (tertiary alicyclic amines) is 2. The summed E-state index contributed by atoms with van der Waals surface area (Å²) in [6.45, 7) is 3.47. The average molecular weight is 655 g/mol. The zero-order chi connectivity index (χ0) is 32.2. The van der Waals surface area contributed by atoms with Crippen LogP contribution in [-0.4, -0.2) is 75.7 Å². The van der Waals surface area contributed by atoms with Gasteiger partial charge in [0.25, 0.3) is 5.91 Å². The second kappa shape index (κ2) is 13.9. The molecule has 2 amide bonds. The van der Waals surface area contributed by atoms with Crippen LogP contribution in [0.5, 0.6) is 17.2 Å². The zero-order valence-electron chi connectivity index (χ0n) is 26.1. The smallest absolute Gasteiger partial charge is 0.254 e. The summed E-state index contributed by atoms with van der Waals surface area (Å²) in [5.41, 5.74) is 7.78. The lowest BCUT2D eigenvalue weighted by atomic mass is 9.72. The van der Waals surface area contributed by atoms with Gasteiger partial charge in [-0.1, -0.05) is 59.6 Å². The van der Waals surface area contributed by atoms with Crippen molar-refractivity contribution in [3.05, 3.63) is 87.4 Å². The molecule has 0 aliphatic carbocycles. The molecule has 2 aliphatic rings. The van der Waals surface area contributed by atoms with Gasteiger partial charge in [0, 0.05) is 24.1 Å². The van der Waals surface area contributed by atoms with Gasteiger partial charge in [0.2, 0.25) is 11.7 Å². The number of nitrogens with zero attached hydrogens (tertiary/aromatic N) is 2. The van der Waals surface area contributed by atoms with E-state index in [0.29, 0.717) is 65.2 Å². The first-order valence-electron chi connectivity index (χ1n) is 15.2. The maximum atomic E-state index is 13.9. The summed E-state index contributed by atoms with van der Waals surface area (Å²) >= 11 is 12.8. The van der Waals surface area contributed by atoms with Crippen LogP contribution in [0, 0.1) is 5.41 Å². The highest BCUT2D eigenvalue weighted by Gasteiger charge is 2.44. The fourth-order valence-electron chi connectivity index (χ4n) is 6.92. The van der Waals surface area contributed by atoms with Gasteiger partial charge < -0.3 is 29.7 Å². The highest BCUT2D eigenvalue weighted by atomic mass is 35.5. The molecule has 2 fully saturated rings. The van der Waals surface area contributed by atoms with Crippen molar-refractivity contribution in [2.45, 2.75) is 37.5 Å². The van der Waals surface area contributed by atoms with Gasteiger partial charge in [-0.25, -0.2) is 0 Å². The predicted octanol–water partition coefficient (Wildman–Crippen LogP) is 6.00. The molecule has 45 heavy (non-hydrogen) atoms. The van der Waals surface area contributed by atoms with Crippen molar-refractivity contribution in [1.29, 1.82) is 0 Å². The van der Waals surface area contributed by atoms with Crippen LogP contribution < -0.4 is 19.9 Å². The third-order valence-corrected chi connectivity index (χ3v) is 10.5. The minimum atomic E-state index is -0.545. The SMILES string of the molecule is COc1cc(C(=O)N2CCC(CCN3CCC(Cc4ccccc4)(C(N)=O)CC3)(c3ccc(Cl)c(Cl)c3)C2)cc(OC)c1OC. The molecular weight excluding hydrogens is 613 g/mol. The number of halogens is 2. The van der Waals surface area contributed by atoms with Gasteiger partial charge in [0.15, 0.2) is 11.5 Å². The lowest BCUT2D eigenvalue weighted by Crippen LogP contribution is -2.49. The zero-order valence-corrected chi connectivity index (χ0v) is 27.6. The van der Waals surface area contributed by atoms with Gasteiger partial charge in [-0.05, 0) is 87.1 Å². The van der Waals surface area contributed by atoms with E-state index in [4.69, 9.17) is 43.1 Å². The highest BCUT2D eigenvalue weighted by molar-refractivity contribution is 6.42. The summed E-state index contributed by atoms with van der Waals surface area (Å²) in [5, 5.41) is 0.990. The van der Waals surface area contributed by atoms with E-state index < -0.39 is 5.41 Å². The Labute approximate surface area is 275 Å². The van der Waals surface area contributed by atoms with E-state index in [-0.39, 0.29) is 17.2 Å². The number of nitrogens with two attached hydrogens (primary N) is 1. The van der Waals surface area contributed by atoms with Crippen molar-refractivity contribution < 1.29 is 23.8 Å². The Balaban J connectivity index is 1.34. The van der Waals surface area contributed by atoms with Crippen molar-refractivity contribution >= 4 is 35.0 Å². The number of amides is 2. The summed E-state index contributed by atoms with van der Waals surface area (Å²) in [6.07, 6.45) is 3.66. The standard InChI is InChI=1S/C35H41Cl2N3O5/c1-43-29-19-25(20-30(44-2)31(29)45-3)32(41)40-18-14-35(23-40,26-9-10-27(36)28(37)21-26)13-17-39-15-11-34(12-16-39,33(38)42)22-24-7-5-4-6-8-24/h4-10,19-21H,11-18,22-23H2,1-3H3,(H2,38,42). The molecule has 1 atom stereocenters. The van der Waals surface area contributed by atoms with Crippen molar-refractivity contribution in [1.82, 2.24) is 9.80 Å². The fourth-order valence-corrected chi connectivity index (χ4v) is 7.21. The Morgan fingerprint density at radius 2 is 1.51 bits per heavy atom. The molecular formula is C35H41Cl2N3O5. The largest absolute Gasteiger partial charge is 0.493 e. The summed E-state index contributed by atoms with van der Waals surface area (Å²) in [7, 11) is 4.60. The van der Waals surface area contributed by atoms with Crippen molar-refractivity contribution in [2.75, 3.05) is 54.1 Å². The first kappa shape index (κ1) is 32.9. The number of carbonyl (C=O) groups excluding carboxylic acids is 2. The van der Waals surface area contributed by atoms with Crippen LogP contribution in [0.2, 0.25) is 10.0 Å². The van der Waals surface area contributed by atoms with Crippen LogP contribution in [0.1, 0.15) is 47.2 Å². The van der Waals surface area contributed by atoms with Crippen LogP contribution in [-0.2, 0) is 16.6 Å². The van der Waals surface area contributed by atoms with Crippen LogP contribution >= 0.6 is 23.2 Å². The highest BCUT2D eigenvalue weighted by Crippen LogP contribution is 2.43. The molecule has 0 bridgehead atoms. The molecule has 0 radical (unpaired) electrons. The van der Waals surface area contributed by atoms with Crippen molar-refractivity contribution in [3.8, 4) is 17.2 Å². The lowest BCUT2D eigenvalue weighted by Gasteiger charge is -2.41. The maximum absolute atomic E-state index is 13.9. The first-order chi connectivity index (χ1) is 21.6. The molecule has 0 aromatic heterocycles. The number of methoxy groups -OCH3 is 3. The third-order valence-electron chi connectivity index (χ3n) is 9.71. The van der Waals surface area contributed by atoms with Gasteiger partial charge in [0.05, 0.1) is 36.8 Å². The van der Waals surface area contributed by atoms with Crippen LogP contribution in [0.25, 0.3) is 0 Å². The Hall–Kier alpha value is -3.46. The Morgan fingerprint density at radius 1 is 0.844 bits per heavy atom. The van der Waals surface area contributed by atoms with E-state index in [1.807, 2.05) is 41.3 Å². The number of benzene rings is 3. The Morgan fingerprint density at radius 3 is 2.09 bits per heavy atom.